The Morgan fingerprint density at radius 1 is 1.32 bits per heavy atom. The summed E-state index contributed by atoms with van der Waals surface area (Å²) in [5.74, 6) is -0.536. The molecule has 0 bridgehead atoms. The van der Waals surface area contributed by atoms with Crippen molar-refractivity contribution in [2.45, 2.75) is 37.3 Å². The fourth-order valence-electron chi connectivity index (χ4n) is 2.63. The molecule has 116 valence electrons. The molecule has 1 aromatic heterocycles. The Morgan fingerprint density at radius 3 is 2.77 bits per heavy atom. The van der Waals surface area contributed by atoms with Crippen molar-refractivity contribution < 1.29 is 17.9 Å². The molecular formula is C15H16N2O4S. The van der Waals surface area contributed by atoms with E-state index in [9.17, 15) is 13.2 Å². The number of pyridine rings is 1. The van der Waals surface area contributed by atoms with Gasteiger partial charge in [-0.05, 0) is 37.6 Å². The highest BCUT2D eigenvalue weighted by Gasteiger charge is 2.35. The maximum absolute atomic E-state index is 12.6. The van der Waals surface area contributed by atoms with E-state index in [4.69, 9.17) is 4.74 Å². The molecule has 6 nitrogen and oxygen atoms in total. The van der Waals surface area contributed by atoms with Gasteiger partial charge < -0.3 is 4.74 Å². The minimum absolute atomic E-state index is 0.119. The number of ether oxygens (including phenoxy) is 1. The number of rotatable bonds is 3. The molecule has 1 N–H and O–H groups in total. The molecule has 2 atom stereocenters. The Kier molecular flexibility index (Phi) is 3.62. The number of fused-ring (bicyclic) bond motifs is 1. The van der Waals surface area contributed by atoms with Crippen molar-refractivity contribution in [3.05, 3.63) is 36.0 Å². The third-order valence-electron chi connectivity index (χ3n) is 3.69. The molecule has 0 spiro atoms. The van der Waals surface area contributed by atoms with Crippen LogP contribution < -0.4 is 4.72 Å². The van der Waals surface area contributed by atoms with Crippen LogP contribution >= 0.6 is 0 Å². The smallest absolute Gasteiger partial charge is 0.324 e. The average molecular weight is 320 g/mol. The van der Waals surface area contributed by atoms with Crippen LogP contribution in [0.5, 0.6) is 0 Å². The molecule has 0 amide bonds. The summed E-state index contributed by atoms with van der Waals surface area (Å²) in [6.07, 6.45) is 1.67. The summed E-state index contributed by atoms with van der Waals surface area (Å²) in [6, 6.07) is 5.80. The van der Waals surface area contributed by atoms with Crippen LogP contribution in [-0.4, -0.2) is 31.5 Å². The topological polar surface area (TPSA) is 85.4 Å². The number of hydrogen-bond acceptors (Lipinski definition) is 5. The van der Waals surface area contributed by atoms with E-state index >= 15 is 0 Å². The second-order valence-corrected chi connectivity index (χ2v) is 7.12. The summed E-state index contributed by atoms with van der Waals surface area (Å²) < 4.78 is 32.7. The molecule has 0 unspecified atom stereocenters. The lowest BCUT2D eigenvalue weighted by molar-refractivity contribution is -0.142. The molecule has 0 radical (unpaired) electrons. The van der Waals surface area contributed by atoms with Gasteiger partial charge in [-0.2, -0.15) is 4.72 Å². The lowest BCUT2D eigenvalue weighted by atomic mass is 10.1. The fraction of sp³-hybridized carbons (Fsp3) is 0.333. The number of sulfonamides is 1. The molecule has 0 saturated carbocycles. The minimum Gasteiger partial charge on any atom is -0.461 e. The summed E-state index contributed by atoms with van der Waals surface area (Å²) in [7, 11) is -3.83. The SMILES string of the molecule is Cc1ccc(S(=O)(=O)N[C@H]2C[C@@H](C)OC2=O)c2cccnc12. The number of hydrogen-bond donors (Lipinski definition) is 1. The maximum atomic E-state index is 12.6. The molecule has 3 rings (SSSR count). The first-order valence-corrected chi connectivity index (χ1v) is 8.44. The standard InChI is InChI=1S/C15H16N2O4S/c1-9-5-6-13(11-4-3-7-16-14(9)11)22(19,20)17-12-8-10(2)21-15(12)18/h3-7,10,12,17H,8H2,1-2H3/t10-,12+/m1/s1. The van der Waals surface area contributed by atoms with Gasteiger partial charge in [-0.3, -0.25) is 9.78 Å². The predicted molar refractivity (Wildman–Crippen MR) is 80.8 cm³/mol. The third-order valence-corrected chi connectivity index (χ3v) is 5.22. The summed E-state index contributed by atoms with van der Waals surface area (Å²) in [5, 5.41) is 0.536. The highest BCUT2D eigenvalue weighted by atomic mass is 32.2. The number of carbonyl (C=O) groups excluding carboxylic acids is 1. The lowest BCUT2D eigenvalue weighted by Gasteiger charge is -2.12. The number of aryl methyl sites for hydroxylation is 1. The minimum atomic E-state index is -3.83. The first kappa shape index (κ1) is 14.9. The third kappa shape index (κ3) is 2.57. The van der Waals surface area contributed by atoms with Gasteiger partial charge in [-0.15, -0.1) is 0 Å². The Labute approximate surface area is 128 Å². The van der Waals surface area contributed by atoms with E-state index in [1.165, 1.54) is 6.07 Å². The van der Waals surface area contributed by atoms with E-state index in [0.29, 0.717) is 17.3 Å². The van der Waals surface area contributed by atoms with Crippen molar-refractivity contribution in [3.8, 4) is 0 Å². The second-order valence-electron chi connectivity index (χ2n) is 5.44. The van der Waals surface area contributed by atoms with E-state index in [1.807, 2.05) is 6.92 Å². The van der Waals surface area contributed by atoms with E-state index < -0.39 is 22.0 Å². The van der Waals surface area contributed by atoms with Crippen LogP contribution in [0.2, 0.25) is 0 Å². The normalized spacial score (nSPS) is 22.0. The van der Waals surface area contributed by atoms with Crippen molar-refractivity contribution in [1.29, 1.82) is 0 Å². The van der Waals surface area contributed by atoms with E-state index in [-0.39, 0.29) is 11.0 Å². The van der Waals surface area contributed by atoms with Gasteiger partial charge in [0.05, 0.1) is 10.4 Å². The van der Waals surface area contributed by atoms with Crippen molar-refractivity contribution in [2.75, 3.05) is 0 Å². The van der Waals surface area contributed by atoms with Crippen LogP contribution in [0.3, 0.4) is 0 Å². The lowest BCUT2D eigenvalue weighted by Crippen LogP contribution is -2.38. The Bertz CT molecular complexity index is 848. The predicted octanol–water partition coefficient (Wildman–Crippen LogP) is 1.53. The number of nitrogens with zero attached hydrogens (tertiary/aromatic N) is 1. The first-order chi connectivity index (χ1) is 10.4. The largest absolute Gasteiger partial charge is 0.461 e. The zero-order valence-corrected chi connectivity index (χ0v) is 13.1. The number of benzene rings is 1. The fourth-order valence-corrected chi connectivity index (χ4v) is 4.02. The second kappa shape index (κ2) is 5.33. The van der Waals surface area contributed by atoms with Crippen LogP contribution in [0.25, 0.3) is 10.9 Å². The van der Waals surface area contributed by atoms with Gasteiger partial charge in [0.25, 0.3) is 0 Å². The summed E-state index contributed by atoms with van der Waals surface area (Å²) in [6.45, 7) is 3.60. The zero-order valence-electron chi connectivity index (χ0n) is 12.2. The molecule has 1 aliphatic heterocycles. The van der Waals surface area contributed by atoms with Crippen LogP contribution in [-0.2, 0) is 19.6 Å². The van der Waals surface area contributed by atoms with Gasteiger partial charge in [-0.1, -0.05) is 6.07 Å². The molecule has 2 heterocycles. The van der Waals surface area contributed by atoms with Gasteiger partial charge in [0.1, 0.15) is 12.1 Å². The highest BCUT2D eigenvalue weighted by Crippen LogP contribution is 2.25. The van der Waals surface area contributed by atoms with Gasteiger partial charge in [-0.25, -0.2) is 8.42 Å². The molecule has 1 saturated heterocycles. The maximum Gasteiger partial charge on any atom is 0.324 e. The number of cyclic esters (lactones) is 1. The molecule has 1 aliphatic rings. The number of esters is 1. The van der Waals surface area contributed by atoms with Crippen molar-refractivity contribution >= 4 is 26.9 Å². The van der Waals surface area contributed by atoms with Crippen molar-refractivity contribution in [3.63, 3.8) is 0 Å². The summed E-state index contributed by atoms with van der Waals surface area (Å²) in [4.78, 5) is 16.0. The Hall–Kier alpha value is -1.99. The van der Waals surface area contributed by atoms with Crippen LogP contribution in [0.4, 0.5) is 0 Å². The molecule has 1 fully saturated rings. The average Bonchev–Trinajstić information content (AvgIpc) is 2.76. The van der Waals surface area contributed by atoms with E-state index in [1.54, 1.807) is 31.3 Å². The van der Waals surface area contributed by atoms with Crippen LogP contribution in [0, 0.1) is 6.92 Å². The van der Waals surface area contributed by atoms with Gasteiger partial charge in [0.15, 0.2) is 0 Å². The van der Waals surface area contributed by atoms with Gasteiger partial charge in [0, 0.05) is 18.0 Å². The summed E-state index contributed by atoms with van der Waals surface area (Å²) in [5.41, 5.74) is 1.52. The molecule has 22 heavy (non-hydrogen) atoms. The van der Waals surface area contributed by atoms with Crippen LogP contribution in [0.15, 0.2) is 35.4 Å². The summed E-state index contributed by atoms with van der Waals surface area (Å²) >= 11 is 0. The Balaban J connectivity index is 2.03. The van der Waals surface area contributed by atoms with Crippen molar-refractivity contribution in [2.24, 2.45) is 0 Å². The monoisotopic (exact) mass is 320 g/mol. The van der Waals surface area contributed by atoms with Crippen molar-refractivity contribution in [1.82, 2.24) is 9.71 Å². The highest BCUT2D eigenvalue weighted by molar-refractivity contribution is 7.89. The Morgan fingerprint density at radius 2 is 2.09 bits per heavy atom. The van der Waals surface area contributed by atoms with E-state index in [2.05, 4.69) is 9.71 Å². The first-order valence-electron chi connectivity index (χ1n) is 6.95. The molecule has 0 aliphatic carbocycles. The van der Waals surface area contributed by atoms with E-state index in [0.717, 1.165) is 5.56 Å². The zero-order chi connectivity index (χ0) is 15.9. The number of carbonyl (C=O) groups is 1. The quantitative estimate of drug-likeness (QED) is 0.867. The molecule has 2 aromatic rings. The van der Waals surface area contributed by atoms with Crippen LogP contribution in [0.1, 0.15) is 18.9 Å². The molecular weight excluding hydrogens is 304 g/mol. The number of nitrogens with one attached hydrogen (secondary N) is 1. The van der Waals surface area contributed by atoms with Gasteiger partial charge in [0.2, 0.25) is 10.0 Å². The van der Waals surface area contributed by atoms with Gasteiger partial charge >= 0.3 is 5.97 Å². The molecule has 1 aromatic carbocycles. The molecule has 7 heteroatoms. The number of aromatic nitrogens is 1.